The van der Waals surface area contributed by atoms with Gasteiger partial charge in [0.1, 0.15) is 0 Å². The number of hydrogen-bond acceptors (Lipinski definition) is 2. The lowest BCUT2D eigenvalue weighted by Gasteiger charge is -2.20. The van der Waals surface area contributed by atoms with Crippen LogP contribution in [0.1, 0.15) is 20.8 Å². The summed E-state index contributed by atoms with van der Waals surface area (Å²) in [5.41, 5.74) is 6.55. The van der Waals surface area contributed by atoms with E-state index in [1.54, 1.807) is 6.20 Å². The highest BCUT2D eigenvalue weighted by atomic mass is 15.1. The maximum absolute atomic E-state index is 5.33. The smallest absolute Gasteiger partial charge is 0.0206 e. The molecule has 0 bridgehead atoms. The van der Waals surface area contributed by atoms with E-state index in [9.17, 15) is 0 Å². The molecule has 0 saturated heterocycles. The van der Waals surface area contributed by atoms with E-state index >= 15 is 0 Å². The molecule has 0 radical (unpaired) electrons. The summed E-state index contributed by atoms with van der Waals surface area (Å²) >= 11 is 0. The van der Waals surface area contributed by atoms with Gasteiger partial charge in [-0.2, -0.15) is 0 Å². The molecule has 0 aliphatic rings. The maximum Gasteiger partial charge on any atom is 0.0206 e. The molecule has 0 aliphatic heterocycles. The standard InChI is InChI=1S/C8H18N2/c1-7(2)10(4)6-8(3)5-9/h5,7H,6,9H2,1-4H3/b8-5+. The Morgan fingerprint density at radius 2 is 2.10 bits per heavy atom. The molecule has 0 aromatic heterocycles. The zero-order valence-electron chi connectivity index (χ0n) is 7.39. The number of rotatable bonds is 3. The normalized spacial score (nSPS) is 13.2. The molecule has 0 saturated carbocycles. The number of likely N-dealkylation sites (N-methyl/N-ethyl adjacent to an activating group) is 1. The summed E-state index contributed by atoms with van der Waals surface area (Å²) < 4.78 is 0. The third-order valence-corrected chi connectivity index (χ3v) is 1.66. The van der Waals surface area contributed by atoms with Gasteiger partial charge in [-0.15, -0.1) is 0 Å². The molecule has 60 valence electrons. The van der Waals surface area contributed by atoms with Gasteiger partial charge in [-0.05, 0) is 39.6 Å². The summed E-state index contributed by atoms with van der Waals surface area (Å²) in [6.07, 6.45) is 1.67. The fraction of sp³-hybridized carbons (Fsp3) is 0.750. The summed E-state index contributed by atoms with van der Waals surface area (Å²) in [6.45, 7) is 7.35. The van der Waals surface area contributed by atoms with Crippen molar-refractivity contribution in [1.29, 1.82) is 0 Å². The molecule has 0 aromatic rings. The van der Waals surface area contributed by atoms with Gasteiger partial charge in [0.05, 0.1) is 0 Å². The first-order chi connectivity index (χ1) is 4.57. The topological polar surface area (TPSA) is 29.3 Å². The molecule has 2 heteroatoms. The fourth-order valence-electron chi connectivity index (χ4n) is 0.629. The van der Waals surface area contributed by atoms with Crippen molar-refractivity contribution in [2.45, 2.75) is 26.8 Å². The van der Waals surface area contributed by atoms with Crippen LogP contribution in [0.15, 0.2) is 11.8 Å². The number of nitrogens with two attached hydrogens (primary N) is 1. The van der Waals surface area contributed by atoms with E-state index in [-0.39, 0.29) is 0 Å². The molecule has 10 heavy (non-hydrogen) atoms. The van der Waals surface area contributed by atoms with Gasteiger partial charge in [0.2, 0.25) is 0 Å². The van der Waals surface area contributed by atoms with Crippen LogP contribution in [0.5, 0.6) is 0 Å². The summed E-state index contributed by atoms with van der Waals surface area (Å²) in [6, 6.07) is 0.592. The molecule has 0 atom stereocenters. The van der Waals surface area contributed by atoms with E-state index in [0.29, 0.717) is 6.04 Å². The van der Waals surface area contributed by atoms with Crippen molar-refractivity contribution >= 4 is 0 Å². The Morgan fingerprint density at radius 3 is 2.40 bits per heavy atom. The third-order valence-electron chi connectivity index (χ3n) is 1.66. The van der Waals surface area contributed by atoms with Crippen LogP contribution >= 0.6 is 0 Å². The Hall–Kier alpha value is -0.500. The van der Waals surface area contributed by atoms with E-state index in [2.05, 4.69) is 25.8 Å². The lowest BCUT2D eigenvalue weighted by molar-refractivity contribution is 0.296. The Morgan fingerprint density at radius 1 is 1.60 bits per heavy atom. The first-order valence-electron chi connectivity index (χ1n) is 3.65. The Balaban J connectivity index is 3.68. The van der Waals surface area contributed by atoms with Crippen LogP contribution in [0.3, 0.4) is 0 Å². The molecule has 2 nitrogen and oxygen atoms in total. The van der Waals surface area contributed by atoms with Gasteiger partial charge in [0.25, 0.3) is 0 Å². The minimum Gasteiger partial charge on any atom is -0.405 e. The Kier molecular flexibility index (Phi) is 4.12. The molecule has 0 rings (SSSR count). The van der Waals surface area contributed by atoms with Gasteiger partial charge in [0.15, 0.2) is 0 Å². The van der Waals surface area contributed by atoms with Crippen LogP contribution in [0.2, 0.25) is 0 Å². The van der Waals surface area contributed by atoms with Gasteiger partial charge in [0, 0.05) is 12.6 Å². The van der Waals surface area contributed by atoms with E-state index < -0.39 is 0 Å². The van der Waals surface area contributed by atoms with Crippen molar-refractivity contribution in [3.8, 4) is 0 Å². The molecule has 2 N–H and O–H groups in total. The zero-order chi connectivity index (χ0) is 8.15. The highest BCUT2D eigenvalue weighted by molar-refractivity contribution is 4.97. The highest BCUT2D eigenvalue weighted by Gasteiger charge is 2.01. The minimum atomic E-state index is 0.592. The number of hydrogen-bond donors (Lipinski definition) is 1. The SMILES string of the molecule is C/C(=C\N)CN(C)C(C)C. The Labute approximate surface area is 63.7 Å². The summed E-state index contributed by atoms with van der Waals surface area (Å²) in [5.74, 6) is 0. The lowest BCUT2D eigenvalue weighted by Crippen LogP contribution is -2.28. The average Bonchev–Trinajstić information content (AvgIpc) is 1.87. The van der Waals surface area contributed by atoms with E-state index in [1.165, 1.54) is 5.57 Å². The summed E-state index contributed by atoms with van der Waals surface area (Å²) in [4.78, 5) is 2.25. The van der Waals surface area contributed by atoms with Crippen molar-refractivity contribution in [2.75, 3.05) is 13.6 Å². The first kappa shape index (κ1) is 9.50. The molecule has 0 aromatic carbocycles. The van der Waals surface area contributed by atoms with Crippen molar-refractivity contribution in [2.24, 2.45) is 5.73 Å². The van der Waals surface area contributed by atoms with E-state index in [1.807, 2.05) is 6.92 Å². The molecular formula is C8H18N2. The molecule has 0 heterocycles. The quantitative estimate of drug-likeness (QED) is 0.641. The van der Waals surface area contributed by atoms with Crippen LogP contribution < -0.4 is 5.73 Å². The Bertz CT molecular complexity index is 116. The third kappa shape index (κ3) is 3.51. The minimum absolute atomic E-state index is 0.592. The monoisotopic (exact) mass is 142 g/mol. The first-order valence-corrected chi connectivity index (χ1v) is 3.65. The zero-order valence-corrected chi connectivity index (χ0v) is 7.39. The van der Waals surface area contributed by atoms with Crippen LogP contribution in [0.4, 0.5) is 0 Å². The van der Waals surface area contributed by atoms with E-state index in [4.69, 9.17) is 5.73 Å². The van der Waals surface area contributed by atoms with Gasteiger partial charge in [-0.3, -0.25) is 4.90 Å². The van der Waals surface area contributed by atoms with E-state index in [0.717, 1.165) is 6.54 Å². The molecular weight excluding hydrogens is 124 g/mol. The molecule has 0 fully saturated rings. The molecule has 0 spiro atoms. The van der Waals surface area contributed by atoms with Crippen LogP contribution in [-0.4, -0.2) is 24.5 Å². The van der Waals surface area contributed by atoms with Crippen molar-refractivity contribution < 1.29 is 0 Å². The van der Waals surface area contributed by atoms with Crippen LogP contribution in [-0.2, 0) is 0 Å². The fourth-order valence-corrected chi connectivity index (χ4v) is 0.629. The van der Waals surface area contributed by atoms with Crippen LogP contribution in [0.25, 0.3) is 0 Å². The predicted octanol–water partition coefficient (Wildman–Crippen LogP) is 1.19. The van der Waals surface area contributed by atoms with Gasteiger partial charge < -0.3 is 5.73 Å². The summed E-state index contributed by atoms with van der Waals surface area (Å²) in [5, 5.41) is 0. The second kappa shape index (κ2) is 4.34. The second-order valence-corrected chi connectivity index (χ2v) is 3.02. The van der Waals surface area contributed by atoms with Crippen molar-refractivity contribution in [3.05, 3.63) is 11.8 Å². The molecule has 0 amide bonds. The second-order valence-electron chi connectivity index (χ2n) is 3.02. The van der Waals surface area contributed by atoms with Crippen molar-refractivity contribution in [3.63, 3.8) is 0 Å². The largest absolute Gasteiger partial charge is 0.405 e. The molecule has 0 aliphatic carbocycles. The van der Waals surface area contributed by atoms with Crippen LogP contribution in [0, 0.1) is 0 Å². The molecule has 0 unspecified atom stereocenters. The maximum atomic E-state index is 5.33. The van der Waals surface area contributed by atoms with Crippen molar-refractivity contribution in [1.82, 2.24) is 4.90 Å². The number of nitrogens with zero attached hydrogens (tertiary/aromatic N) is 1. The lowest BCUT2D eigenvalue weighted by atomic mass is 10.2. The summed E-state index contributed by atoms with van der Waals surface area (Å²) in [7, 11) is 2.09. The van der Waals surface area contributed by atoms with Gasteiger partial charge in [-0.25, -0.2) is 0 Å². The average molecular weight is 142 g/mol. The van der Waals surface area contributed by atoms with Gasteiger partial charge >= 0.3 is 0 Å². The predicted molar refractivity (Wildman–Crippen MR) is 45.7 cm³/mol. The van der Waals surface area contributed by atoms with Gasteiger partial charge in [-0.1, -0.05) is 0 Å². The highest BCUT2D eigenvalue weighted by Crippen LogP contribution is 1.98.